The summed E-state index contributed by atoms with van der Waals surface area (Å²) in [7, 11) is 0. The molecule has 1 atom stereocenters. The highest BCUT2D eigenvalue weighted by atomic mass is 35.5. The molecule has 1 aromatic heterocycles. The van der Waals surface area contributed by atoms with Gasteiger partial charge in [-0.3, -0.25) is 4.79 Å². The number of aromatic nitrogens is 2. The van der Waals surface area contributed by atoms with Crippen LogP contribution in [0.1, 0.15) is 6.92 Å². The van der Waals surface area contributed by atoms with Gasteiger partial charge in [-0.25, -0.2) is 4.68 Å². The molecule has 0 bridgehead atoms. The third-order valence-electron chi connectivity index (χ3n) is 2.33. The van der Waals surface area contributed by atoms with E-state index in [1.807, 2.05) is 0 Å². The number of carbonyl (C=O) groups is 1. The Morgan fingerprint density at radius 1 is 1.50 bits per heavy atom. The van der Waals surface area contributed by atoms with Crippen molar-refractivity contribution in [1.29, 1.82) is 0 Å². The molecule has 1 N–H and O–H groups in total. The monoisotopic (exact) mass is 283 g/mol. The summed E-state index contributed by atoms with van der Waals surface area (Å²) in [6.45, 7) is 1.61. The van der Waals surface area contributed by atoms with Crippen LogP contribution in [-0.2, 0) is 4.79 Å². The minimum Gasteiger partial charge on any atom is -0.323 e. The van der Waals surface area contributed by atoms with E-state index < -0.39 is 5.38 Å². The highest BCUT2D eigenvalue weighted by Gasteiger charge is 2.13. The van der Waals surface area contributed by atoms with E-state index in [1.54, 1.807) is 48.3 Å². The molecule has 0 spiro atoms. The molecule has 2 aromatic rings. The number of rotatable bonds is 3. The lowest BCUT2D eigenvalue weighted by molar-refractivity contribution is -0.115. The normalized spacial score (nSPS) is 12.2. The fraction of sp³-hybridized carbons (Fsp3) is 0.167. The summed E-state index contributed by atoms with van der Waals surface area (Å²) in [5.41, 5.74) is 1.30. The van der Waals surface area contributed by atoms with Gasteiger partial charge in [-0.15, -0.1) is 11.6 Å². The Hall–Kier alpha value is -1.52. The Morgan fingerprint density at radius 3 is 2.89 bits per heavy atom. The molecule has 0 aliphatic heterocycles. The number of alkyl halides is 1. The first kappa shape index (κ1) is 12.9. The lowest BCUT2D eigenvalue weighted by Gasteiger charge is -2.12. The molecule has 0 saturated carbocycles. The van der Waals surface area contributed by atoms with Crippen LogP contribution in [0, 0.1) is 0 Å². The standard InChI is InChI=1S/C12H11Cl2N3O/c1-8(13)12(18)16-10-7-9(14)3-4-11(10)17-6-2-5-15-17/h2-8H,1H3,(H,16,18). The number of nitrogens with zero attached hydrogens (tertiary/aromatic N) is 2. The average Bonchev–Trinajstić information content (AvgIpc) is 2.82. The van der Waals surface area contributed by atoms with Crippen LogP contribution in [0.5, 0.6) is 0 Å². The van der Waals surface area contributed by atoms with Gasteiger partial charge in [0, 0.05) is 17.4 Å². The van der Waals surface area contributed by atoms with Gasteiger partial charge in [0.05, 0.1) is 11.4 Å². The average molecular weight is 284 g/mol. The van der Waals surface area contributed by atoms with Crippen molar-refractivity contribution >= 4 is 34.8 Å². The van der Waals surface area contributed by atoms with Crippen molar-refractivity contribution in [3.63, 3.8) is 0 Å². The number of carbonyl (C=O) groups excluding carboxylic acids is 1. The van der Waals surface area contributed by atoms with Gasteiger partial charge in [0.1, 0.15) is 5.38 Å². The molecule has 0 radical (unpaired) electrons. The van der Waals surface area contributed by atoms with Gasteiger partial charge in [0.2, 0.25) is 5.91 Å². The molecule has 0 saturated heterocycles. The number of benzene rings is 1. The molecule has 1 heterocycles. The molecule has 18 heavy (non-hydrogen) atoms. The van der Waals surface area contributed by atoms with Crippen LogP contribution < -0.4 is 5.32 Å². The van der Waals surface area contributed by atoms with Crippen LogP contribution in [0.3, 0.4) is 0 Å². The zero-order chi connectivity index (χ0) is 13.1. The molecule has 0 fully saturated rings. The fourth-order valence-electron chi connectivity index (χ4n) is 1.45. The molecular weight excluding hydrogens is 273 g/mol. The molecule has 6 heteroatoms. The van der Waals surface area contributed by atoms with Crippen molar-refractivity contribution in [3.05, 3.63) is 41.7 Å². The maximum atomic E-state index is 11.6. The van der Waals surface area contributed by atoms with Crippen molar-refractivity contribution in [2.24, 2.45) is 0 Å². The molecule has 2 rings (SSSR count). The molecule has 1 amide bonds. The highest BCUT2D eigenvalue weighted by molar-refractivity contribution is 6.33. The molecule has 0 aliphatic rings. The van der Waals surface area contributed by atoms with E-state index in [0.29, 0.717) is 10.7 Å². The van der Waals surface area contributed by atoms with Crippen molar-refractivity contribution in [1.82, 2.24) is 9.78 Å². The van der Waals surface area contributed by atoms with Gasteiger partial charge in [-0.1, -0.05) is 11.6 Å². The van der Waals surface area contributed by atoms with Gasteiger partial charge < -0.3 is 5.32 Å². The number of anilines is 1. The minimum atomic E-state index is -0.616. The first-order valence-electron chi connectivity index (χ1n) is 5.32. The Bertz CT molecular complexity index is 552. The zero-order valence-electron chi connectivity index (χ0n) is 9.60. The van der Waals surface area contributed by atoms with Crippen LogP contribution >= 0.6 is 23.2 Å². The van der Waals surface area contributed by atoms with Crippen molar-refractivity contribution < 1.29 is 4.79 Å². The number of halogens is 2. The lowest BCUT2D eigenvalue weighted by Crippen LogP contribution is -2.21. The fourth-order valence-corrected chi connectivity index (χ4v) is 1.68. The predicted octanol–water partition coefficient (Wildman–Crippen LogP) is 3.09. The summed E-state index contributed by atoms with van der Waals surface area (Å²) >= 11 is 11.7. The minimum absolute atomic E-state index is 0.285. The van der Waals surface area contributed by atoms with E-state index in [-0.39, 0.29) is 5.91 Å². The van der Waals surface area contributed by atoms with E-state index in [0.717, 1.165) is 5.69 Å². The van der Waals surface area contributed by atoms with E-state index in [9.17, 15) is 4.79 Å². The summed E-state index contributed by atoms with van der Waals surface area (Å²) in [4.78, 5) is 11.6. The summed E-state index contributed by atoms with van der Waals surface area (Å²) in [5.74, 6) is -0.285. The number of nitrogens with one attached hydrogen (secondary N) is 1. The van der Waals surface area contributed by atoms with Gasteiger partial charge in [0.15, 0.2) is 0 Å². The summed E-state index contributed by atoms with van der Waals surface area (Å²) in [5, 5.41) is 6.76. The number of amides is 1. The van der Waals surface area contributed by atoms with E-state index >= 15 is 0 Å². The number of hydrogen-bond donors (Lipinski definition) is 1. The second-order valence-electron chi connectivity index (χ2n) is 3.72. The highest BCUT2D eigenvalue weighted by Crippen LogP contribution is 2.24. The second kappa shape index (κ2) is 5.42. The maximum Gasteiger partial charge on any atom is 0.242 e. The van der Waals surface area contributed by atoms with Crippen LogP contribution in [0.15, 0.2) is 36.7 Å². The zero-order valence-corrected chi connectivity index (χ0v) is 11.1. The van der Waals surface area contributed by atoms with Crippen LogP contribution in [0.4, 0.5) is 5.69 Å². The van der Waals surface area contributed by atoms with Crippen LogP contribution in [-0.4, -0.2) is 21.1 Å². The molecule has 94 valence electrons. The Balaban J connectivity index is 2.39. The Labute approximate surface area is 115 Å². The summed E-state index contributed by atoms with van der Waals surface area (Å²) in [6.07, 6.45) is 3.44. The van der Waals surface area contributed by atoms with Crippen LogP contribution in [0.25, 0.3) is 5.69 Å². The van der Waals surface area contributed by atoms with Crippen molar-refractivity contribution in [2.75, 3.05) is 5.32 Å². The topological polar surface area (TPSA) is 46.9 Å². The summed E-state index contributed by atoms with van der Waals surface area (Å²) in [6, 6.07) is 6.97. The van der Waals surface area contributed by atoms with Gasteiger partial charge in [-0.2, -0.15) is 5.10 Å². The molecule has 1 aromatic carbocycles. The van der Waals surface area contributed by atoms with E-state index in [1.165, 1.54) is 0 Å². The third kappa shape index (κ3) is 2.83. The first-order chi connectivity index (χ1) is 8.58. The lowest BCUT2D eigenvalue weighted by atomic mass is 10.2. The van der Waals surface area contributed by atoms with Crippen LogP contribution in [0.2, 0.25) is 5.02 Å². The number of hydrogen-bond acceptors (Lipinski definition) is 2. The Kier molecular flexibility index (Phi) is 3.89. The first-order valence-corrected chi connectivity index (χ1v) is 6.14. The SMILES string of the molecule is CC(Cl)C(=O)Nc1cc(Cl)ccc1-n1cccn1. The van der Waals surface area contributed by atoms with Gasteiger partial charge in [0.25, 0.3) is 0 Å². The second-order valence-corrected chi connectivity index (χ2v) is 4.81. The van der Waals surface area contributed by atoms with Crippen molar-refractivity contribution in [3.8, 4) is 5.69 Å². The molecule has 4 nitrogen and oxygen atoms in total. The van der Waals surface area contributed by atoms with Gasteiger partial charge in [-0.05, 0) is 31.2 Å². The quantitative estimate of drug-likeness (QED) is 0.880. The molecule has 0 aliphatic carbocycles. The van der Waals surface area contributed by atoms with Crippen molar-refractivity contribution in [2.45, 2.75) is 12.3 Å². The third-order valence-corrected chi connectivity index (χ3v) is 2.76. The Morgan fingerprint density at radius 2 is 2.28 bits per heavy atom. The van der Waals surface area contributed by atoms with E-state index in [4.69, 9.17) is 23.2 Å². The summed E-state index contributed by atoms with van der Waals surface area (Å²) < 4.78 is 1.64. The molecule has 1 unspecified atom stereocenters. The van der Waals surface area contributed by atoms with Gasteiger partial charge >= 0.3 is 0 Å². The smallest absolute Gasteiger partial charge is 0.242 e. The predicted molar refractivity (Wildman–Crippen MR) is 72.5 cm³/mol. The molecular formula is C12H11Cl2N3O. The maximum absolute atomic E-state index is 11.6. The van der Waals surface area contributed by atoms with E-state index in [2.05, 4.69) is 10.4 Å². The largest absolute Gasteiger partial charge is 0.323 e.